The summed E-state index contributed by atoms with van der Waals surface area (Å²) >= 11 is 0. The average molecular weight is 253 g/mol. The summed E-state index contributed by atoms with van der Waals surface area (Å²) in [6.07, 6.45) is 0. The van der Waals surface area contributed by atoms with Gasteiger partial charge in [-0.2, -0.15) is 0 Å². The van der Waals surface area contributed by atoms with Gasteiger partial charge in [-0.15, -0.1) is 5.10 Å². The highest BCUT2D eigenvalue weighted by Crippen LogP contribution is 2.10. The molecule has 0 aliphatic heterocycles. The first-order chi connectivity index (χ1) is 8.32. The molecule has 7 heteroatoms. The summed E-state index contributed by atoms with van der Waals surface area (Å²) in [4.78, 5) is 28.5. The number of primary amides is 1. The number of aromatic amines is 1. The molecular formula is C11H19N5O2. The van der Waals surface area contributed by atoms with Crippen LogP contribution in [0.25, 0.3) is 0 Å². The van der Waals surface area contributed by atoms with Crippen molar-refractivity contribution in [1.29, 1.82) is 0 Å². The van der Waals surface area contributed by atoms with Gasteiger partial charge in [-0.25, -0.2) is 4.98 Å². The number of nitrogens with two attached hydrogens (primary N) is 1. The monoisotopic (exact) mass is 253 g/mol. The van der Waals surface area contributed by atoms with Crippen LogP contribution >= 0.6 is 0 Å². The van der Waals surface area contributed by atoms with Crippen LogP contribution in [0.4, 0.5) is 0 Å². The molecule has 0 radical (unpaired) electrons. The van der Waals surface area contributed by atoms with E-state index in [0.717, 1.165) is 0 Å². The van der Waals surface area contributed by atoms with Crippen LogP contribution in [0.15, 0.2) is 0 Å². The number of H-pyrrole nitrogens is 1. The molecule has 0 bridgehead atoms. The van der Waals surface area contributed by atoms with Crippen molar-refractivity contribution in [2.75, 3.05) is 6.54 Å². The number of nitrogens with one attached hydrogen (secondary N) is 1. The third kappa shape index (κ3) is 3.28. The fourth-order valence-electron chi connectivity index (χ4n) is 1.41. The fourth-order valence-corrected chi connectivity index (χ4v) is 1.41. The summed E-state index contributed by atoms with van der Waals surface area (Å²) in [7, 11) is 0. The van der Waals surface area contributed by atoms with Crippen LogP contribution in [0.5, 0.6) is 0 Å². The molecule has 0 aliphatic rings. The zero-order valence-electron chi connectivity index (χ0n) is 11.1. The predicted molar refractivity (Wildman–Crippen MR) is 65.8 cm³/mol. The molecule has 100 valence electrons. The maximum Gasteiger partial charge on any atom is 0.294 e. The lowest BCUT2D eigenvalue weighted by Crippen LogP contribution is -2.43. The number of hydrogen-bond donors (Lipinski definition) is 2. The molecule has 0 atom stereocenters. The van der Waals surface area contributed by atoms with E-state index in [1.165, 1.54) is 4.90 Å². The Labute approximate surface area is 106 Å². The number of carbonyl (C=O) groups is 2. The van der Waals surface area contributed by atoms with E-state index in [-0.39, 0.29) is 24.3 Å². The molecule has 1 heterocycles. The Balaban J connectivity index is 2.91. The first kappa shape index (κ1) is 14.1. The molecule has 1 aromatic rings. The second-order valence-electron chi connectivity index (χ2n) is 4.69. The molecule has 0 fully saturated rings. The summed E-state index contributed by atoms with van der Waals surface area (Å²) in [5, 5.41) is 6.58. The second kappa shape index (κ2) is 5.61. The zero-order valence-corrected chi connectivity index (χ0v) is 11.1. The number of rotatable bonds is 5. The van der Waals surface area contributed by atoms with E-state index in [9.17, 15) is 9.59 Å². The van der Waals surface area contributed by atoms with Crippen molar-refractivity contribution in [3.05, 3.63) is 11.6 Å². The van der Waals surface area contributed by atoms with E-state index in [1.54, 1.807) is 13.8 Å². The molecule has 0 aliphatic carbocycles. The quantitative estimate of drug-likeness (QED) is 0.785. The lowest BCUT2D eigenvalue weighted by Gasteiger charge is -2.23. The first-order valence-corrected chi connectivity index (χ1v) is 5.84. The SMILES string of the molecule is CC(C)c1nc(C(=O)N(CC(N)=O)C(C)C)n[nH]1. The van der Waals surface area contributed by atoms with Crippen molar-refractivity contribution in [2.24, 2.45) is 5.73 Å². The van der Waals surface area contributed by atoms with Gasteiger partial charge in [-0.3, -0.25) is 14.7 Å². The van der Waals surface area contributed by atoms with Crippen molar-refractivity contribution >= 4 is 11.8 Å². The molecule has 2 amide bonds. The number of hydrogen-bond acceptors (Lipinski definition) is 4. The Hall–Kier alpha value is -1.92. The maximum absolute atomic E-state index is 12.1. The average Bonchev–Trinajstić information content (AvgIpc) is 2.73. The van der Waals surface area contributed by atoms with Crippen molar-refractivity contribution in [2.45, 2.75) is 39.7 Å². The Bertz CT molecular complexity index is 438. The number of aromatic nitrogens is 3. The summed E-state index contributed by atoms with van der Waals surface area (Å²) in [5.41, 5.74) is 5.12. The van der Waals surface area contributed by atoms with Gasteiger partial charge in [-0.1, -0.05) is 13.8 Å². The van der Waals surface area contributed by atoms with E-state index in [2.05, 4.69) is 15.2 Å². The van der Waals surface area contributed by atoms with Crippen LogP contribution in [0, 0.1) is 0 Å². The third-order valence-corrected chi connectivity index (χ3v) is 2.45. The molecule has 1 aromatic heterocycles. The normalized spacial score (nSPS) is 11.0. The van der Waals surface area contributed by atoms with Crippen LogP contribution in [0.1, 0.15) is 50.1 Å². The summed E-state index contributed by atoms with van der Waals surface area (Å²) < 4.78 is 0. The maximum atomic E-state index is 12.1. The largest absolute Gasteiger partial charge is 0.368 e. The molecule has 3 N–H and O–H groups in total. The summed E-state index contributed by atoms with van der Waals surface area (Å²) in [6.45, 7) is 7.35. The van der Waals surface area contributed by atoms with Crippen LogP contribution in [0.2, 0.25) is 0 Å². The van der Waals surface area contributed by atoms with Gasteiger partial charge in [0.15, 0.2) is 0 Å². The standard InChI is InChI=1S/C11H19N5O2/c1-6(2)9-13-10(15-14-9)11(18)16(7(3)4)5-8(12)17/h6-7H,5H2,1-4H3,(H2,12,17)(H,13,14,15). The van der Waals surface area contributed by atoms with Crippen molar-refractivity contribution < 1.29 is 9.59 Å². The number of nitrogens with zero attached hydrogens (tertiary/aromatic N) is 3. The molecule has 0 saturated heterocycles. The first-order valence-electron chi connectivity index (χ1n) is 5.84. The molecule has 0 aromatic carbocycles. The Kier molecular flexibility index (Phi) is 4.41. The molecule has 1 rings (SSSR count). The van der Waals surface area contributed by atoms with Gasteiger partial charge < -0.3 is 10.6 Å². The Morgan fingerprint density at radius 2 is 1.94 bits per heavy atom. The lowest BCUT2D eigenvalue weighted by atomic mass is 10.2. The van der Waals surface area contributed by atoms with Crippen LogP contribution in [-0.2, 0) is 4.79 Å². The van der Waals surface area contributed by atoms with Gasteiger partial charge in [0, 0.05) is 12.0 Å². The molecular weight excluding hydrogens is 234 g/mol. The molecule has 7 nitrogen and oxygen atoms in total. The fraction of sp³-hybridized carbons (Fsp3) is 0.636. The van der Waals surface area contributed by atoms with Gasteiger partial charge >= 0.3 is 0 Å². The number of amides is 2. The topological polar surface area (TPSA) is 105 Å². The molecule has 0 unspecified atom stereocenters. The zero-order chi connectivity index (χ0) is 13.9. The summed E-state index contributed by atoms with van der Waals surface area (Å²) in [5.74, 6) is -0.0962. The highest BCUT2D eigenvalue weighted by Gasteiger charge is 2.24. The van der Waals surface area contributed by atoms with Crippen LogP contribution < -0.4 is 5.73 Å². The van der Waals surface area contributed by atoms with E-state index in [0.29, 0.717) is 5.82 Å². The van der Waals surface area contributed by atoms with Gasteiger partial charge in [0.2, 0.25) is 11.7 Å². The number of carbonyl (C=O) groups excluding carboxylic acids is 2. The molecule has 0 spiro atoms. The smallest absolute Gasteiger partial charge is 0.294 e. The van der Waals surface area contributed by atoms with Gasteiger partial charge in [0.1, 0.15) is 5.82 Å². The van der Waals surface area contributed by atoms with Gasteiger partial charge in [0.05, 0.1) is 6.54 Å². The van der Waals surface area contributed by atoms with Crippen molar-refractivity contribution in [3.8, 4) is 0 Å². The Morgan fingerprint density at radius 1 is 1.33 bits per heavy atom. The van der Waals surface area contributed by atoms with Crippen LogP contribution in [0.3, 0.4) is 0 Å². The molecule has 18 heavy (non-hydrogen) atoms. The predicted octanol–water partition coefficient (Wildman–Crippen LogP) is 0.264. The highest BCUT2D eigenvalue weighted by atomic mass is 16.2. The minimum Gasteiger partial charge on any atom is -0.368 e. The van der Waals surface area contributed by atoms with Crippen LogP contribution in [-0.4, -0.2) is 44.5 Å². The van der Waals surface area contributed by atoms with E-state index < -0.39 is 11.8 Å². The lowest BCUT2D eigenvalue weighted by molar-refractivity contribution is -0.119. The Morgan fingerprint density at radius 3 is 2.33 bits per heavy atom. The minimum atomic E-state index is -0.559. The second-order valence-corrected chi connectivity index (χ2v) is 4.69. The summed E-state index contributed by atoms with van der Waals surface area (Å²) in [6, 6.07) is -0.147. The third-order valence-electron chi connectivity index (χ3n) is 2.45. The van der Waals surface area contributed by atoms with Crippen molar-refractivity contribution in [3.63, 3.8) is 0 Å². The van der Waals surface area contributed by atoms with Gasteiger partial charge in [-0.05, 0) is 13.8 Å². The minimum absolute atomic E-state index is 0.0636. The van der Waals surface area contributed by atoms with E-state index in [1.807, 2.05) is 13.8 Å². The van der Waals surface area contributed by atoms with E-state index >= 15 is 0 Å². The molecule has 0 saturated carbocycles. The van der Waals surface area contributed by atoms with Crippen molar-refractivity contribution in [1.82, 2.24) is 20.1 Å². The van der Waals surface area contributed by atoms with E-state index in [4.69, 9.17) is 5.73 Å². The highest BCUT2D eigenvalue weighted by molar-refractivity contribution is 5.93. The van der Waals surface area contributed by atoms with Gasteiger partial charge in [0.25, 0.3) is 5.91 Å².